The molecule has 1 aliphatic carbocycles. The number of anilines is 1. The van der Waals surface area contributed by atoms with Crippen LogP contribution in [-0.2, 0) is 0 Å². The first-order valence-corrected chi connectivity index (χ1v) is 8.33. The second-order valence-electron chi connectivity index (χ2n) is 6.87. The lowest BCUT2D eigenvalue weighted by Crippen LogP contribution is -2.29. The Balaban J connectivity index is 1.76. The van der Waals surface area contributed by atoms with Crippen molar-refractivity contribution in [3.05, 3.63) is 80.9 Å². The second kappa shape index (κ2) is 5.48. The zero-order chi connectivity index (χ0) is 16.8. The number of non-ortho nitro benzene ring substituents is 1. The molecule has 0 spiro atoms. The number of nitrogens with zero attached hydrogens (tertiary/aromatic N) is 1. The maximum atomic E-state index is 10.9. The fourth-order valence-corrected chi connectivity index (χ4v) is 4.27. The van der Waals surface area contributed by atoms with E-state index in [9.17, 15) is 10.1 Å². The monoisotopic (exact) mass is 320 g/mol. The Labute approximate surface area is 141 Å². The molecule has 0 aromatic heterocycles. The Morgan fingerprint density at radius 2 is 1.92 bits per heavy atom. The van der Waals surface area contributed by atoms with Crippen LogP contribution in [0.1, 0.15) is 40.6 Å². The van der Waals surface area contributed by atoms with Gasteiger partial charge >= 0.3 is 0 Å². The van der Waals surface area contributed by atoms with E-state index in [1.165, 1.54) is 22.4 Å². The lowest BCUT2D eigenvalue weighted by atomic mass is 9.75. The summed E-state index contributed by atoms with van der Waals surface area (Å²) < 4.78 is 0. The molecule has 24 heavy (non-hydrogen) atoms. The number of rotatable bonds is 2. The number of allylic oxidation sites excluding steroid dienone is 2. The molecular formula is C20H20N2O2. The predicted octanol–water partition coefficient (Wildman–Crippen LogP) is 5.04. The topological polar surface area (TPSA) is 55.2 Å². The van der Waals surface area contributed by atoms with Gasteiger partial charge in [0.2, 0.25) is 0 Å². The third kappa shape index (κ3) is 2.30. The van der Waals surface area contributed by atoms with Gasteiger partial charge in [-0.3, -0.25) is 10.1 Å². The highest BCUT2D eigenvalue weighted by molar-refractivity contribution is 5.63. The number of fused-ring (bicyclic) bond motifs is 3. The van der Waals surface area contributed by atoms with Crippen molar-refractivity contribution in [2.24, 2.45) is 5.92 Å². The summed E-state index contributed by atoms with van der Waals surface area (Å²) in [6.45, 7) is 4.30. The third-order valence-corrected chi connectivity index (χ3v) is 5.28. The first-order valence-electron chi connectivity index (χ1n) is 8.33. The van der Waals surface area contributed by atoms with E-state index in [-0.39, 0.29) is 16.7 Å². The Kier molecular flexibility index (Phi) is 3.41. The van der Waals surface area contributed by atoms with E-state index in [2.05, 4.69) is 43.4 Å². The highest BCUT2D eigenvalue weighted by Gasteiger charge is 2.38. The van der Waals surface area contributed by atoms with Crippen LogP contribution in [0.3, 0.4) is 0 Å². The zero-order valence-corrected chi connectivity index (χ0v) is 13.8. The maximum absolute atomic E-state index is 10.9. The van der Waals surface area contributed by atoms with Gasteiger partial charge in [0, 0.05) is 23.7 Å². The van der Waals surface area contributed by atoms with Gasteiger partial charge in [-0.2, -0.15) is 0 Å². The number of hydrogen-bond donors (Lipinski definition) is 1. The van der Waals surface area contributed by atoms with E-state index < -0.39 is 0 Å². The number of nitro groups is 1. The van der Waals surface area contributed by atoms with E-state index in [1.807, 2.05) is 12.1 Å². The van der Waals surface area contributed by atoms with Crippen molar-refractivity contribution in [2.45, 2.75) is 32.2 Å². The highest BCUT2D eigenvalue weighted by atomic mass is 16.6. The molecule has 0 unspecified atom stereocenters. The molecule has 4 rings (SSSR count). The summed E-state index contributed by atoms with van der Waals surface area (Å²) in [6.07, 6.45) is 5.63. The molecule has 0 saturated carbocycles. The minimum atomic E-state index is -0.347. The summed E-state index contributed by atoms with van der Waals surface area (Å²) >= 11 is 0. The molecule has 0 amide bonds. The molecule has 0 radical (unpaired) electrons. The Bertz CT molecular complexity index is 839. The minimum Gasteiger partial charge on any atom is -0.378 e. The van der Waals surface area contributed by atoms with Crippen LogP contribution >= 0.6 is 0 Å². The number of benzene rings is 2. The molecule has 0 fully saturated rings. The summed E-state index contributed by atoms with van der Waals surface area (Å²) in [5.41, 5.74) is 6.44. The average Bonchev–Trinajstić information content (AvgIpc) is 3.02. The van der Waals surface area contributed by atoms with Crippen molar-refractivity contribution in [1.82, 2.24) is 0 Å². The fraction of sp³-hybridized carbons (Fsp3) is 0.300. The molecule has 122 valence electrons. The molecule has 0 bridgehead atoms. The number of nitrogens with one attached hydrogen (secondary N) is 1. The molecule has 2 aromatic rings. The van der Waals surface area contributed by atoms with Crippen LogP contribution in [-0.4, -0.2) is 4.92 Å². The lowest BCUT2D eigenvalue weighted by molar-refractivity contribution is -0.384. The van der Waals surface area contributed by atoms with E-state index in [0.29, 0.717) is 11.8 Å². The summed E-state index contributed by atoms with van der Waals surface area (Å²) in [4.78, 5) is 10.5. The summed E-state index contributed by atoms with van der Waals surface area (Å²) in [6, 6.07) is 11.6. The summed E-state index contributed by atoms with van der Waals surface area (Å²) in [5.74, 6) is 0.877. The maximum Gasteiger partial charge on any atom is 0.269 e. The van der Waals surface area contributed by atoms with Crippen molar-refractivity contribution in [1.29, 1.82) is 0 Å². The van der Waals surface area contributed by atoms with Gasteiger partial charge in [-0.15, -0.1) is 0 Å². The van der Waals surface area contributed by atoms with Crippen LogP contribution in [0.25, 0.3) is 0 Å². The smallest absolute Gasteiger partial charge is 0.269 e. The van der Waals surface area contributed by atoms with E-state index in [0.717, 1.165) is 12.0 Å². The number of nitro benzene ring substituents is 1. The molecule has 4 nitrogen and oxygen atoms in total. The normalized spacial score (nSPS) is 24.2. The van der Waals surface area contributed by atoms with E-state index in [1.54, 1.807) is 12.1 Å². The van der Waals surface area contributed by atoms with Crippen molar-refractivity contribution < 1.29 is 4.92 Å². The number of aryl methyl sites for hydroxylation is 2. The van der Waals surface area contributed by atoms with Crippen molar-refractivity contribution in [2.75, 3.05) is 5.32 Å². The molecule has 1 heterocycles. The van der Waals surface area contributed by atoms with Crippen molar-refractivity contribution in [3.63, 3.8) is 0 Å². The fourth-order valence-electron chi connectivity index (χ4n) is 4.27. The zero-order valence-electron chi connectivity index (χ0n) is 13.8. The van der Waals surface area contributed by atoms with Gasteiger partial charge in [0.25, 0.3) is 5.69 Å². The molecule has 3 atom stereocenters. The Hall–Kier alpha value is -2.62. The molecule has 2 aromatic carbocycles. The van der Waals surface area contributed by atoms with Crippen LogP contribution in [0.5, 0.6) is 0 Å². The molecule has 2 aliphatic rings. The molecule has 0 saturated heterocycles. The first kappa shape index (κ1) is 14.9. The highest BCUT2D eigenvalue weighted by Crippen LogP contribution is 2.51. The molecule has 1 aliphatic heterocycles. The SMILES string of the molecule is Cc1cc(C)c2c(c1)N[C@H](c1ccc([N+](=O)[O-])cc1)[C@H]1CC=C[C@@H]21. The quantitative estimate of drug-likeness (QED) is 0.479. The molecule has 1 N–H and O–H groups in total. The molecule has 4 heteroatoms. The predicted molar refractivity (Wildman–Crippen MR) is 95.4 cm³/mol. The summed E-state index contributed by atoms with van der Waals surface area (Å²) in [7, 11) is 0. The standard InChI is InChI=1S/C20H20N2O2/c1-12-10-13(2)19-16-4-3-5-17(16)20(21-18(19)11-12)14-6-8-15(9-7-14)22(23)24/h3-4,6-11,16-17,20-21H,5H2,1-2H3/t16-,17+,20-/m1/s1. The van der Waals surface area contributed by atoms with Gasteiger partial charge < -0.3 is 5.32 Å². The Morgan fingerprint density at radius 3 is 2.62 bits per heavy atom. The van der Waals surface area contributed by atoms with Crippen LogP contribution < -0.4 is 5.32 Å². The van der Waals surface area contributed by atoms with Gasteiger partial charge in [-0.05, 0) is 54.5 Å². The largest absolute Gasteiger partial charge is 0.378 e. The second-order valence-corrected chi connectivity index (χ2v) is 6.87. The lowest BCUT2D eigenvalue weighted by Gasteiger charge is -2.38. The van der Waals surface area contributed by atoms with Gasteiger partial charge in [-0.1, -0.05) is 30.4 Å². The summed E-state index contributed by atoms with van der Waals surface area (Å²) in [5, 5.41) is 14.6. The van der Waals surface area contributed by atoms with E-state index >= 15 is 0 Å². The van der Waals surface area contributed by atoms with Crippen molar-refractivity contribution in [3.8, 4) is 0 Å². The van der Waals surface area contributed by atoms with E-state index in [4.69, 9.17) is 0 Å². The van der Waals surface area contributed by atoms with Gasteiger partial charge in [0.15, 0.2) is 0 Å². The van der Waals surface area contributed by atoms with Crippen molar-refractivity contribution >= 4 is 11.4 Å². The van der Waals surface area contributed by atoms with Crippen LogP contribution in [0.4, 0.5) is 11.4 Å². The number of hydrogen-bond acceptors (Lipinski definition) is 3. The van der Waals surface area contributed by atoms with Gasteiger partial charge in [0.1, 0.15) is 0 Å². The van der Waals surface area contributed by atoms with Crippen LogP contribution in [0.15, 0.2) is 48.6 Å². The van der Waals surface area contributed by atoms with Gasteiger partial charge in [-0.25, -0.2) is 0 Å². The minimum absolute atomic E-state index is 0.141. The third-order valence-electron chi connectivity index (χ3n) is 5.28. The van der Waals surface area contributed by atoms with Crippen LogP contribution in [0.2, 0.25) is 0 Å². The molecular weight excluding hydrogens is 300 g/mol. The van der Waals surface area contributed by atoms with Gasteiger partial charge in [0.05, 0.1) is 11.0 Å². The Morgan fingerprint density at radius 1 is 1.17 bits per heavy atom. The van der Waals surface area contributed by atoms with Crippen LogP contribution in [0, 0.1) is 29.9 Å². The first-order chi connectivity index (χ1) is 11.5. The average molecular weight is 320 g/mol.